The molecule has 148 valence electrons. The van der Waals surface area contributed by atoms with Crippen molar-refractivity contribution in [2.24, 2.45) is 5.16 Å². The van der Waals surface area contributed by atoms with Crippen LogP contribution in [0.4, 0.5) is 18.9 Å². The SMILES string of the molecule is C=CCCON=C(c1c(F)cccc1OC(F)F)N(C(C)=O)c1ccccc1. The second-order valence-electron chi connectivity index (χ2n) is 5.51. The maximum atomic E-state index is 14.7. The number of halogens is 3. The van der Waals surface area contributed by atoms with E-state index in [1.807, 2.05) is 0 Å². The predicted octanol–water partition coefficient (Wildman–Crippen LogP) is 4.73. The molecule has 0 spiro atoms. The molecule has 2 rings (SSSR count). The first-order chi connectivity index (χ1) is 13.5. The van der Waals surface area contributed by atoms with Crippen LogP contribution in [0.1, 0.15) is 18.9 Å². The van der Waals surface area contributed by atoms with Gasteiger partial charge in [-0.25, -0.2) is 4.39 Å². The Kier molecular flexibility index (Phi) is 7.62. The fourth-order valence-electron chi connectivity index (χ4n) is 2.39. The molecule has 0 N–H and O–H groups in total. The number of ether oxygens (including phenoxy) is 1. The van der Waals surface area contributed by atoms with Gasteiger partial charge >= 0.3 is 6.61 Å². The van der Waals surface area contributed by atoms with E-state index in [1.54, 1.807) is 36.4 Å². The Morgan fingerprint density at radius 2 is 1.93 bits per heavy atom. The lowest BCUT2D eigenvalue weighted by molar-refractivity contribution is -0.115. The molecule has 0 saturated heterocycles. The Morgan fingerprint density at radius 3 is 2.54 bits per heavy atom. The van der Waals surface area contributed by atoms with Gasteiger partial charge in [0, 0.05) is 13.3 Å². The summed E-state index contributed by atoms with van der Waals surface area (Å²) in [5.41, 5.74) is -0.0622. The van der Waals surface area contributed by atoms with E-state index in [0.29, 0.717) is 12.1 Å². The van der Waals surface area contributed by atoms with Crippen LogP contribution in [0.2, 0.25) is 0 Å². The second kappa shape index (κ2) is 10.1. The van der Waals surface area contributed by atoms with Crippen LogP contribution in [-0.4, -0.2) is 25.0 Å². The van der Waals surface area contributed by atoms with Gasteiger partial charge < -0.3 is 9.57 Å². The number of hydrogen-bond acceptors (Lipinski definition) is 4. The zero-order valence-corrected chi connectivity index (χ0v) is 15.1. The first-order valence-electron chi connectivity index (χ1n) is 8.36. The minimum absolute atomic E-state index is 0.104. The van der Waals surface area contributed by atoms with Gasteiger partial charge in [0.05, 0.1) is 11.3 Å². The molecule has 0 unspecified atom stereocenters. The fraction of sp³-hybridized carbons (Fsp3) is 0.200. The second-order valence-corrected chi connectivity index (χ2v) is 5.51. The molecular formula is C20H19F3N2O3. The molecule has 0 aliphatic heterocycles. The summed E-state index contributed by atoms with van der Waals surface area (Å²) in [5, 5.41) is 3.87. The third-order valence-electron chi connectivity index (χ3n) is 3.52. The van der Waals surface area contributed by atoms with Crippen molar-refractivity contribution in [3.8, 4) is 5.75 Å². The van der Waals surface area contributed by atoms with E-state index in [9.17, 15) is 18.0 Å². The van der Waals surface area contributed by atoms with Gasteiger partial charge in [0.2, 0.25) is 5.91 Å². The molecule has 1 amide bonds. The average Bonchev–Trinajstić information content (AvgIpc) is 2.65. The molecule has 28 heavy (non-hydrogen) atoms. The number of benzene rings is 2. The van der Waals surface area contributed by atoms with Crippen molar-refractivity contribution in [2.45, 2.75) is 20.0 Å². The van der Waals surface area contributed by atoms with Crippen LogP contribution in [0, 0.1) is 5.82 Å². The minimum Gasteiger partial charge on any atom is -0.434 e. The Balaban J connectivity index is 2.63. The lowest BCUT2D eigenvalue weighted by atomic mass is 10.1. The molecule has 0 aliphatic carbocycles. The number of oxime groups is 1. The van der Waals surface area contributed by atoms with Crippen molar-refractivity contribution in [3.63, 3.8) is 0 Å². The number of hydrogen-bond donors (Lipinski definition) is 0. The van der Waals surface area contributed by atoms with Gasteiger partial charge in [-0.15, -0.1) is 6.58 Å². The molecule has 0 bridgehead atoms. The van der Waals surface area contributed by atoms with Gasteiger partial charge in [0.25, 0.3) is 0 Å². The van der Waals surface area contributed by atoms with Gasteiger partial charge in [-0.05, 0) is 24.3 Å². The summed E-state index contributed by atoms with van der Waals surface area (Å²) < 4.78 is 44.7. The smallest absolute Gasteiger partial charge is 0.387 e. The monoisotopic (exact) mass is 392 g/mol. The maximum absolute atomic E-state index is 14.7. The zero-order chi connectivity index (χ0) is 20.5. The molecule has 0 atom stereocenters. The lowest BCUT2D eigenvalue weighted by Crippen LogP contribution is -2.37. The molecule has 2 aromatic rings. The molecule has 0 aromatic heterocycles. The Bertz CT molecular complexity index is 842. The van der Waals surface area contributed by atoms with E-state index in [1.165, 1.54) is 13.0 Å². The Morgan fingerprint density at radius 1 is 1.21 bits per heavy atom. The first-order valence-corrected chi connectivity index (χ1v) is 8.36. The largest absolute Gasteiger partial charge is 0.434 e. The number of carbonyl (C=O) groups is 1. The highest BCUT2D eigenvalue weighted by Crippen LogP contribution is 2.28. The molecule has 0 radical (unpaired) electrons. The van der Waals surface area contributed by atoms with E-state index < -0.39 is 29.6 Å². The molecule has 0 saturated carbocycles. The van der Waals surface area contributed by atoms with Crippen molar-refractivity contribution in [2.75, 3.05) is 11.5 Å². The van der Waals surface area contributed by atoms with Crippen LogP contribution >= 0.6 is 0 Å². The summed E-state index contributed by atoms with van der Waals surface area (Å²) in [5.74, 6) is -2.20. The third-order valence-corrected chi connectivity index (χ3v) is 3.52. The van der Waals surface area contributed by atoms with Crippen LogP contribution in [0.15, 0.2) is 66.3 Å². The zero-order valence-electron chi connectivity index (χ0n) is 15.1. The van der Waals surface area contributed by atoms with E-state index in [4.69, 9.17) is 4.84 Å². The number of carbonyl (C=O) groups excluding carboxylic acids is 1. The quantitative estimate of drug-likeness (QED) is 0.214. The number of rotatable bonds is 8. The van der Waals surface area contributed by atoms with Gasteiger partial charge in [0.15, 0.2) is 5.84 Å². The molecule has 8 heteroatoms. The topological polar surface area (TPSA) is 51.1 Å². The molecule has 2 aromatic carbocycles. The van der Waals surface area contributed by atoms with Crippen molar-refractivity contribution in [3.05, 3.63) is 72.6 Å². The Hall–Kier alpha value is -3.29. The van der Waals surface area contributed by atoms with Gasteiger partial charge in [-0.2, -0.15) is 8.78 Å². The molecule has 0 aliphatic rings. The highest BCUT2D eigenvalue weighted by atomic mass is 19.3. The predicted molar refractivity (Wildman–Crippen MR) is 99.9 cm³/mol. The maximum Gasteiger partial charge on any atom is 0.387 e. The Labute approximate surface area is 160 Å². The highest BCUT2D eigenvalue weighted by molar-refractivity contribution is 6.23. The number of anilines is 1. The number of nitrogens with zero attached hydrogens (tertiary/aromatic N) is 2. The summed E-state index contributed by atoms with van der Waals surface area (Å²) in [6.07, 6.45) is 2.03. The molecule has 0 heterocycles. The molecule has 0 fully saturated rings. The van der Waals surface area contributed by atoms with Crippen LogP contribution in [0.5, 0.6) is 5.75 Å². The summed E-state index contributed by atoms with van der Waals surface area (Å²) in [7, 11) is 0. The standard InChI is InChI=1S/C20H19F3N2O3/c1-3-4-13-27-24-19(25(14(2)26)15-9-6-5-7-10-15)18-16(21)11-8-12-17(18)28-20(22)23/h3,5-12,20H,1,4,13H2,2H3. The lowest BCUT2D eigenvalue weighted by Gasteiger charge is -2.24. The number of para-hydroxylation sites is 1. The summed E-state index contributed by atoms with van der Waals surface area (Å²) in [4.78, 5) is 18.6. The summed E-state index contributed by atoms with van der Waals surface area (Å²) >= 11 is 0. The number of amidine groups is 1. The van der Waals surface area contributed by atoms with Gasteiger partial charge in [0.1, 0.15) is 18.2 Å². The van der Waals surface area contributed by atoms with Gasteiger partial charge in [-0.3, -0.25) is 9.69 Å². The number of amides is 1. The van der Waals surface area contributed by atoms with Crippen LogP contribution < -0.4 is 9.64 Å². The summed E-state index contributed by atoms with van der Waals surface area (Å²) in [6.45, 7) is 1.70. The van der Waals surface area contributed by atoms with Crippen molar-refractivity contribution < 1.29 is 27.5 Å². The van der Waals surface area contributed by atoms with Crippen molar-refractivity contribution >= 4 is 17.4 Å². The highest BCUT2D eigenvalue weighted by Gasteiger charge is 2.28. The normalized spacial score (nSPS) is 11.2. The molecule has 5 nitrogen and oxygen atoms in total. The van der Waals surface area contributed by atoms with Crippen LogP contribution in [0.3, 0.4) is 0 Å². The first kappa shape index (κ1) is 21.0. The number of alkyl halides is 2. The average molecular weight is 392 g/mol. The van der Waals surface area contributed by atoms with Crippen LogP contribution in [0.25, 0.3) is 0 Å². The van der Waals surface area contributed by atoms with Crippen molar-refractivity contribution in [1.82, 2.24) is 0 Å². The van der Waals surface area contributed by atoms with E-state index in [2.05, 4.69) is 16.5 Å². The van der Waals surface area contributed by atoms with Crippen LogP contribution in [-0.2, 0) is 9.63 Å². The van der Waals surface area contributed by atoms with E-state index in [0.717, 1.165) is 17.0 Å². The summed E-state index contributed by atoms with van der Waals surface area (Å²) in [6, 6.07) is 11.7. The van der Waals surface area contributed by atoms with E-state index in [-0.39, 0.29) is 12.4 Å². The third kappa shape index (κ3) is 5.35. The molecular weight excluding hydrogens is 373 g/mol. The van der Waals surface area contributed by atoms with Gasteiger partial charge in [-0.1, -0.05) is 35.5 Å². The van der Waals surface area contributed by atoms with E-state index >= 15 is 0 Å². The van der Waals surface area contributed by atoms with Crippen molar-refractivity contribution in [1.29, 1.82) is 0 Å². The minimum atomic E-state index is -3.19. The fourth-order valence-corrected chi connectivity index (χ4v) is 2.39.